The second-order valence-corrected chi connectivity index (χ2v) is 4.86. The molecular formula is C13H13BrFN3. The van der Waals surface area contributed by atoms with E-state index in [4.69, 9.17) is 5.84 Å². The van der Waals surface area contributed by atoms with Gasteiger partial charge in [-0.2, -0.15) is 0 Å². The maximum Gasteiger partial charge on any atom is 0.137 e. The first kappa shape index (κ1) is 13.1. The first-order valence-corrected chi connectivity index (χ1v) is 6.24. The van der Waals surface area contributed by atoms with Crippen LogP contribution in [0.4, 0.5) is 4.39 Å². The molecule has 18 heavy (non-hydrogen) atoms. The summed E-state index contributed by atoms with van der Waals surface area (Å²) >= 11 is 3.13. The van der Waals surface area contributed by atoms with Crippen molar-refractivity contribution in [3.8, 4) is 0 Å². The molecule has 0 bridgehead atoms. The van der Waals surface area contributed by atoms with Crippen molar-refractivity contribution in [2.75, 3.05) is 0 Å². The largest absolute Gasteiger partial charge is 0.271 e. The molecule has 2 aromatic rings. The van der Waals surface area contributed by atoms with Gasteiger partial charge in [-0.05, 0) is 52.2 Å². The molecule has 2 rings (SSSR count). The summed E-state index contributed by atoms with van der Waals surface area (Å²) in [5.74, 6) is 5.24. The van der Waals surface area contributed by atoms with Crippen molar-refractivity contribution in [1.29, 1.82) is 0 Å². The first-order valence-electron chi connectivity index (χ1n) is 5.45. The number of nitrogens with zero attached hydrogens (tertiary/aromatic N) is 1. The van der Waals surface area contributed by atoms with Gasteiger partial charge in [0.2, 0.25) is 0 Å². The molecule has 1 aromatic heterocycles. The third-order valence-electron chi connectivity index (χ3n) is 2.71. The second kappa shape index (κ2) is 5.56. The average molecular weight is 310 g/mol. The van der Waals surface area contributed by atoms with Gasteiger partial charge in [-0.15, -0.1) is 0 Å². The number of hydrogen-bond donors (Lipinski definition) is 2. The summed E-state index contributed by atoms with van der Waals surface area (Å²) in [7, 11) is 0. The van der Waals surface area contributed by atoms with Crippen LogP contribution in [0.2, 0.25) is 0 Å². The van der Waals surface area contributed by atoms with Crippen LogP contribution in [0.25, 0.3) is 0 Å². The molecule has 0 aliphatic carbocycles. The number of hydrogen-bond acceptors (Lipinski definition) is 3. The second-order valence-electron chi connectivity index (χ2n) is 4.01. The Kier molecular flexibility index (Phi) is 4.06. The lowest BCUT2D eigenvalue weighted by atomic mass is 10.0. The van der Waals surface area contributed by atoms with E-state index in [-0.39, 0.29) is 11.9 Å². The summed E-state index contributed by atoms with van der Waals surface area (Å²) in [6, 6.07) is 8.48. The summed E-state index contributed by atoms with van der Waals surface area (Å²) < 4.78 is 14.0. The van der Waals surface area contributed by atoms with Gasteiger partial charge in [0.25, 0.3) is 0 Å². The molecule has 0 saturated carbocycles. The van der Waals surface area contributed by atoms with Crippen molar-refractivity contribution in [1.82, 2.24) is 10.4 Å². The maximum absolute atomic E-state index is 13.5. The summed E-state index contributed by atoms with van der Waals surface area (Å²) in [6.07, 6.45) is 1.74. The van der Waals surface area contributed by atoms with E-state index in [1.807, 2.05) is 25.1 Å². The van der Waals surface area contributed by atoms with Crippen LogP contribution < -0.4 is 11.3 Å². The zero-order valence-corrected chi connectivity index (χ0v) is 11.4. The van der Waals surface area contributed by atoms with Crippen molar-refractivity contribution >= 4 is 15.9 Å². The molecule has 1 aromatic carbocycles. The lowest BCUT2D eigenvalue weighted by Crippen LogP contribution is -2.29. The third kappa shape index (κ3) is 2.75. The number of aryl methyl sites for hydroxylation is 1. The van der Waals surface area contributed by atoms with Crippen LogP contribution in [0.3, 0.4) is 0 Å². The predicted molar refractivity (Wildman–Crippen MR) is 72.2 cm³/mol. The monoisotopic (exact) mass is 309 g/mol. The van der Waals surface area contributed by atoms with E-state index in [1.54, 1.807) is 12.3 Å². The standard InChI is InChI=1S/C13H13BrFN3/c1-8-2-3-10(7-17-8)13(18-16)9-4-5-11(14)12(15)6-9/h2-7,13,18H,16H2,1H3. The van der Waals surface area contributed by atoms with Gasteiger partial charge >= 0.3 is 0 Å². The van der Waals surface area contributed by atoms with Crippen molar-refractivity contribution in [2.24, 2.45) is 5.84 Å². The van der Waals surface area contributed by atoms with Gasteiger partial charge in [-0.3, -0.25) is 10.8 Å². The van der Waals surface area contributed by atoms with Gasteiger partial charge in [-0.1, -0.05) is 12.1 Å². The fourth-order valence-electron chi connectivity index (χ4n) is 1.73. The highest BCUT2D eigenvalue weighted by molar-refractivity contribution is 9.10. The van der Waals surface area contributed by atoms with E-state index in [9.17, 15) is 4.39 Å². The molecule has 1 atom stereocenters. The number of aromatic nitrogens is 1. The molecule has 94 valence electrons. The molecule has 0 saturated heterocycles. The van der Waals surface area contributed by atoms with E-state index in [1.165, 1.54) is 6.07 Å². The molecule has 1 heterocycles. The van der Waals surface area contributed by atoms with Crippen LogP contribution in [-0.2, 0) is 0 Å². The zero-order valence-electron chi connectivity index (χ0n) is 9.82. The van der Waals surface area contributed by atoms with Gasteiger partial charge in [0.05, 0.1) is 10.5 Å². The molecule has 0 aliphatic heterocycles. The van der Waals surface area contributed by atoms with Crippen LogP contribution in [0.1, 0.15) is 22.9 Å². The molecule has 0 spiro atoms. The number of benzene rings is 1. The molecule has 1 unspecified atom stereocenters. The van der Waals surface area contributed by atoms with Crippen molar-refractivity contribution in [2.45, 2.75) is 13.0 Å². The lowest BCUT2D eigenvalue weighted by Gasteiger charge is -2.17. The Morgan fingerprint density at radius 3 is 2.56 bits per heavy atom. The maximum atomic E-state index is 13.5. The topological polar surface area (TPSA) is 50.9 Å². The normalized spacial score (nSPS) is 12.4. The first-order chi connectivity index (χ1) is 8.61. The summed E-state index contributed by atoms with van der Waals surface area (Å²) in [4.78, 5) is 4.21. The van der Waals surface area contributed by atoms with E-state index in [0.717, 1.165) is 16.8 Å². The number of nitrogens with one attached hydrogen (secondary N) is 1. The Morgan fingerprint density at radius 1 is 1.28 bits per heavy atom. The Labute approximate surface area is 113 Å². The molecule has 0 aliphatic rings. The fourth-order valence-corrected chi connectivity index (χ4v) is 1.97. The molecule has 0 radical (unpaired) electrons. The minimum atomic E-state index is -0.312. The molecule has 0 fully saturated rings. The Balaban J connectivity index is 2.38. The molecule has 3 nitrogen and oxygen atoms in total. The van der Waals surface area contributed by atoms with Crippen LogP contribution in [0.15, 0.2) is 41.0 Å². The smallest absolute Gasteiger partial charge is 0.137 e. The number of pyridine rings is 1. The van der Waals surface area contributed by atoms with E-state index in [2.05, 4.69) is 26.3 Å². The lowest BCUT2D eigenvalue weighted by molar-refractivity contribution is 0.600. The highest BCUT2D eigenvalue weighted by Crippen LogP contribution is 2.24. The minimum absolute atomic E-state index is 0.277. The van der Waals surface area contributed by atoms with Crippen LogP contribution in [0, 0.1) is 12.7 Å². The third-order valence-corrected chi connectivity index (χ3v) is 3.35. The summed E-state index contributed by atoms with van der Waals surface area (Å²) in [6.45, 7) is 1.91. The van der Waals surface area contributed by atoms with E-state index < -0.39 is 0 Å². The van der Waals surface area contributed by atoms with Crippen molar-refractivity contribution in [3.05, 3.63) is 63.6 Å². The van der Waals surface area contributed by atoms with Gasteiger partial charge in [0.1, 0.15) is 5.82 Å². The van der Waals surface area contributed by atoms with Gasteiger partial charge < -0.3 is 0 Å². The summed E-state index contributed by atoms with van der Waals surface area (Å²) in [5, 5.41) is 0. The number of hydrazine groups is 1. The molecule has 3 N–H and O–H groups in total. The quantitative estimate of drug-likeness (QED) is 0.677. The van der Waals surface area contributed by atoms with Crippen LogP contribution >= 0.6 is 15.9 Å². The average Bonchev–Trinajstić information content (AvgIpc) is 2.37. The Hall–Kier alpha value is -1.30. The molecule has 0 amide bonds. The predicted octanol–water partition coefficient (Wildman–Crippen LogP) is 2.84. The van der Waals surface area contributed by atoms with Crippen molar-refractivity contribution in [3.63, 3.8) is 0 Å². The van der Waals surface area contributed by atoms with Gasteiger partial charge in [0.15, 0.2) is 0 Å². The minimum Gasteiger partial charge on any atom is -0.271 e. The fraction of sp³-hybridized carbons (Fsp3) is 0.154. The van der Waals surface area contributed by atoms with E-state index >= 15 is 0 Å². The number of rotatable bonds is 3. The zero-order chi connectivity index (χ0) is 13.1. The van der Waals surface area contributed by atoms with Gasteiger partial charge in [0, 0.05) is 11.9 Å². The van der Waals surface area contributed by atoms with Crippen LogP contribution in [-0.4, -0.2) is 4.98 Å². The highest BCUT2D eigenvalue weighted by Gasteiger charge is 2.14. The molecule has 5 heteroatoms. The van der Waals surface area contributed by atoms with Gasteiger partial charge in [-0.25, -0.2) is 9.82 Å². The van der Waals surface area contributed by atoms with Crippen LogP contribution in [0.5, 0.6) is 0 Å². The number of nitrogens with two attached hydrogens (primary N) is 1. The Bertz CT molecular complexity index is 542. The van der Waals surface area contributed by atoms with E-state index in [0.29, 0.717) is 4.47 Å². The molecular weight excluding hydrogens is 297 g/mol. The highest BCUT2D eigenvalue weighted by atomic mass is 79.9. The number of halogens is 2. The SMILES string of the molecule is Cc1ccc(C(NN)c2ccc(Br)c(F)c2)cn1. The Morgan fingerprint density at radius 2 is 2.00 bits per heavy atom. The van der Waals surface area contributed by atoms with Crippen molar-refractivity contribution < 1.29 is 4.39 Å². The summed E-state index contributed by atoms with van der Waals surface area (Å²) in [5.41, 5.74) is 5.25.